The van der Waals surface area contributed by atoms with E-state index in [-0.39, 0.29) is 86.5 Å². The Morgan fingerprint density at radius 2 is 0.632 bits per heavy atom. The second kappa shape index (κ2) is 43.1. The van der Waals surface area contributed by atoms with E-state index in [1.165, 1.54) is 87.8 Å². The van der Waals surface area contributed by atoms with Crippen LogP contribution in [-0.4, -0.2) is 164 Å². The van der Waals surface area contributed by atoms with Crippen LogP contribution in [0.2, 0.25) is 0 Å². The lowest BCUT2D eigenvalue weighted by atomic mass is 9.95. The number of hydrogen-bond acceptors (Lipinski definition) is 16. The van der Waals surface area contributed by atoms with E-state index in [4.69, 9.17) is 4.74 Å². The fraction of sp³-hybridized carbons (Fsp3) is 0.753. The summed E-state index contributed by atoms with van der Waals surface area (Å²) in [5.74, 6) is -7.96. The minimum absolute atomic E-state index is 0.0308. The molecule has 0 radical (unpaired) electrons. The predicted octanol–water partition coefficient (Wildman–Crippen LogP) is 7.57. The molecule has 29 heteroatoms. The van der Waals surface area contributed by atoms with Crippen molar-refractivity contribution in [3.05, 3.63) is 35.9 Å². The second-order valence-corrected chi connectivity index (χ2v) is 36.9. The fourth-order valence-corrected chi connectivity index (χ4v) is 14.4. The van der Waals surface area contributed by atoms with Crippen molar-refractivity contribution in [3.63, 3.8) is 0 Å². The molecule has 0 aromatic heterocycles. The van der Waals surface area contributed by atoms with Gasteiger partial charge in [-0.1, -0.05) is 154 Å². The number of nitrogens with one attached hydrogen (secondary N) is 13. The Labute approximate surface area is 639 Å². The van der Waals surface area contributed by atoms with Gasteiger partial charge in [0.2, 0.25) is 70.9 Å². The Morgan fingerprint density at radius 3 is 0.896 bits per heavy atom. The lowest BCUT2D eigenvalue weighted by Crippen LogP contribution is -2.66. The van der Waals surface area contributed by atoms with Crippen molar-refractivity contribution in [1.82, 2.24) is 69.1 Å². The Balaban J connectivity index is 2.20. The maximum Gasteiger partial charge on any atom is 0.408 e. The summed E-state index contributed by atoms with van der Waals surface area (Å²) in [6.07, 6.45) is 6.46. The van der Waals surface area contributed by atoms with Gasteiger partial charge in [-0.25, -0.2) is 4.79 Å². The van der Waals surface area contributed by atoms with Gasteiger partial charge in [0.1, 0.15) is 76.1 Å². The molecule has 1 unspecified atom stereocenters. The Kier molecular flexibility index (Phi) is 38.6. The van der Waals surface area contributed by atoms with Gasteiger partial charge in [0.05, 0.1) is 0 Å². The van der Waals surface area contributed by atoms with Crippen LogP contribution in [0.25, 0.3) is 0 Å². The van der Waals surface area contributed by atoms with Crippen LogP contribution < -0.4 is 69.1 Å². The van der Waals surface area contributed by atoms with Crippen molar-refractivity contribution in [3.8, 4) is 0 Å². The largest absolute Gasteiger partial charge is 0.445 e. The predicted molar refractivity (Wildman–Crippen MR) is 418 cm³/mol. The summed E-state index contributed by atoms with van der Waals surface area (Å²) in [4.78, 5) is 182. The molecule has 7 atom stereocenters. The molecule has 13 amide bonds. The average molecular weight is 1530 g/mol. The molecule has 1 aliphatic heterocycles. The number of ether oxygens (including phenoxy) is 1. The van der Waals surface area contributed by atoms with Gasteiger partial charge in [0.25, 0.3) is 0 Å². The third-order valence-electron chi connectivity index (χ3n) is 17.7. The first-order valence-corrected chi connectivity index (χ1v) is 40.2. The molecule has 0 bridgehead atoms. The number of alkyl carbamates (subject to hydrolysis) is 1. The molecular weight excluding hydrogens is 1400 g/mol. The normalized spacial score (nSPS) is 15.4. The zero-order valence-electron chi connectivity index (χ0n) is 68.0. The first-order chi connectivity index (χ1) is 48.8. The number of amides is 13. The third-order valence-corrected chi connectivity index (χ3v) is 20.7. The molecule has 2 rings (SSSR count). The molecule has 0 saturated carbocycles. The minimum atomic E-state index is -1.73. The zero-order valence-corrected chi connectivity index (χ0v) is 69.7. The lowest BCUT2D eigenvalue weighted by Gasteiger charge is -2.34. The van der Waals surface area contributed by atoms with Crippen molar-refractivity contribution in [2.45, 2.75) is 325 Å². The SMILES string of the molecule is CC(C)C[C@H](NC(=O)OCc1ccccc1)C(=O)NC(C)(C)C(=O)N[C@@H](CC(C)C)C(=O)NC(C)(C)C(=O)N[C@@H](CC(C)C)C(=O)NC(C)(C)C(=O)N[C@@H](CC(C)C)C(=O)NC(C)(C)C(=O)N[C@@H](CC(C)C)C(=O)NC(C)(C)C(=O)N[C@@H](CC(C)C)C(=O)NC(C)(C)C(=O)NCCCCCCC1CCSS1. The summed E-state index contributed by atoms with van der Waals surface area (Å²) in [6.45, 7) is 40.1. The average Bonchev–Trinajstić information content (AvgIpc) is 0.932. The highest BCUT2D eigenvalue weighted by molar-refractivity contribution is 8.77. The summed E-state index contributed by atoms with van der Waals surface area (Å²) in [5, 5.41) is 36.5. The van der Waals surface area contributed by atoms with Crippen LogP contribution in [0, 0.1) is 35.5 Å². The van der Waals surface area contributed by atoms with E-state index in [0.717, 1.165) is 36.5 Å². The second-order valence-electron chi connectivity index (χ2n) is 34.1. The van der Waals surface area contributed by atoms with Crippen LogP contribution in [0.5, 0.6) is 0 Å². The number of benzene rings is 1. The smallest absolute Gasteiger partial charge is 0.408 e. The summed E-state index contributed by atoms with van der Waals surface area (Å²) < 4.78 is 5.36. The van der Waals surface area contributed by atoms with Gasteiger partial charge in [-0.3, -0.25) is 57.5 Å². The van der Waals surface area contributed by atoms with E-state index >= 15 is 0 Å². The zero-order chi connectivity index (χ0) is 81.0. The van der Waals surface area contributed by atoms with Crippen LogP contribution in [-0.2, 0) is 68.9 Å². The molecule has 1 saturated heterocycles. The monoisotopic (exact) mass is 1530 g/mol. The minimum Gasteiger partial charge on any atom is -0.445 e. The number of unbranched alkanes of at least 4 members (excludes halogenated alkanes) is 3. The molecule has 1 aromatic rings. The number of hydrogen-bond donors (Lipinski definition) is 13. The Morgan fingerprint density at radius 1 is 0.368 bits per heavy atom. The molecular formula is C77H133N13O14S2. The highest BCUT2D eigenvalue weighted by Gasteiger charge is 2.44. The van der Waals surface area contributed by atoms with Gasteiger partial charge >= 0.3 is 6.09 Å². The number of carbonyl (C=O) groups excluding carboxylic acids is 13. The molecule has 1 heterocycles. The summed E-state index contributed by atoms with van der Waals surface area (Å²) in [6, 6.07) is 1.88. The van der Waals surface area contributed by atoms with Crippen LogP contribution in [0.1, 0.15) is 249 Å². The Hall–Kier alpha value is -7.17. The van der Waals surface area contributed by atoms with Crippen LogP contribution >= 0.6 is 21.6 Å². The molecule has 1 fully saturated rings. The van der Waals surface area contributed by atoms with E-state index in [1.54, 1.807) is 38.1 Å². The lowest BCUT2D eigenvalue weighted by molar-refractivity contribution is -0.140. The standard InChI is InChI=1S/C77H133N13O14S2/c1-45(2)38-53(59(91)85-72(13,14)65(97)78-36-31-26-25-30-34-52-35-37-105-106-52)79-66(98)73(15,16)86-60(92)54(39-46(3)4)80-67(99)74(17,18)87-61(93)55(40-47(5)6)81-68(100)75(19,20)88-62(94)56(41-48(7)8)82-69(101)76(21,22)89-63(95)57(42-49(9)10)83-70(102)77(23,24)90-64(96)58(43-50(11)12)84-71(103)104-44-51-32-28-27-29-33-51/h27-29,32-33,45-50,52-58H,25-26,30-31,34-44H2,1-24H3,(H,78,97)(H,79,98)(H,80,99)(H,81,100)(H,82,101)(H,83,102)(H,84,103)(H,85,91)(H,86,92)(H,87,93)(H,88,94)(H,89,95)(H,90,96)/t52?,53-,54-,55-,56-,57-,58-/m0/s1. The molecule has 13 N–H and O–H groups in total. The van der Waals surface area contributed by atoms with Gasteiger partial charge < -0.3 is 73.9 Å². The maximum absolute atomic E-state index is 14.4. The van der Waals surface area contributed by atoms with E-state index in [0.29, 0.717) is 6.54 Å². The quantitative estimate of drug-likeness (QED) is 0.0221. The van der Waals surface area contributed by atoms with E-state index in [2.05, 4.69) is 69.1 Å². The summed E-state index contributed by atoms with van der Waals surface area (Å²) >= 11 is 0. The third kappa shape index (κ3) is 34.4. The van der Waals surface area contributed by atoms with Gasteiger partial charge in [-0.2, -0.15) is 0 Å². The fourth-order valence-electron chi connectivity index (χ4n) is 11.4. The summed E-state index contributed by atoms with van der Waals surface area (Å²) in [5.41, 5.74) is -8.99. The van der Waals surface area contributed by atoms with Crippen LogP contribution in [0.3, 0.4) is 0 Å². The van der Waals surface area contributed by atoms with Gasteiger partial charge in [0, 0.05) is 17.5 Å². The molecule has 1 aromatic carbocycles. The van der Waals surface area contributed by atoms with Crippen molar-refractivity contribution < 1.29 is 67.1 Å². The molecule has 0 spiro atoms. The molecule has 106 heavy (non-hydrogen) atoms. The topological polar surface area (TPSA) is 388 Å². The molecule has 1 aliphatic rings. The van der Waals surface area contributed by atoms with E-state index < -0.39 is 141 Å². The van der Waals surface area contributed by atoms with Crippen molar-refractivity contribution >= 4 is 98.6 Å². The number of carbonyl (C=O) groups is 13. The highest BCUT2D eigenvalue weighted by Crippen LogP contribution is 2.40. The van der Waals surface area contributed by atoms with Gasteiger partial charge in [-0.15, -0.1) is 0 Å². The molecule has 0 aliphatic carbocycles. The van der Waals surface area contributed by atoms with Crippen molar-refractivity contribution in [2.24, 2.45) is 35.5 Å². The van der Waals surface area contributed by atoms with Crippen LogP contribution in [0.4, 0.5) is 4.79 Å². The van der Waals surface area contributed by atoms with Crippen LogP contribution in [0.15, 0.2) is 30.3 Å². The molecule has 27 nitrogen and oxygen atoms in total. The highest BCUT2D eigenvalue weighted by atomic mass is 33.1. The van der Waals surface area contributed by atoms with E-state index in [9.17, 15) is 62.3 Å². The molecule has 602 valence electrons. The first kappa shape index (κ1) is 94.9. The van der Waals surface area contributed by atoms with E-state index in [1.807, 2.05) is 111 Å². The Bertz CT molecular complexity index is 3110. The van der Waals surface area contributed by atoms with Gasteiger partial charge in [-0.05, 0) is 182 Å². The first-order valence-electron chi connectivity index (χ1n) is 37.8. The van der Waals surface area contributed by atoms with Crippen molar-refractivity contribution in [2.75, 3.05) is 12.3 Å². The summed E-state index contributed by atoms with van der Waals surface area (Å²) in [7, 11) is 3.91. The van der Waals surface area contributed by atoms with Gasteiger partial charge in [0.15, 0.2) is 0 Å². The number of rotatable bonds is 45. The maximum atomic E-state index is 14.4. The van der Waals surface area contributed by atoms with Crippen molar-refractivity contribution in [1.29, 1.82) is 0 Å².